The monoisotopic (exact) mass is 530 g/mol. The number of hydrogen-bond acceptors (Lipinski definition) is 6. The SMILES string of the molecule is O=C(O)Nc1ccc(C(=O)N[C@@H](CCCCO)C(=O)N2CCC3(C2)OC(=O)Nc2ccc(Cl)cc23)cc1. The van der Waals surface area contributed by atoms with Gasteiger partial charge in [0.2, 0.25) is 5.91 Å². The van der Waals surface area contributed by atoms with Crippen molar-refractivity contribution in [3.63, 3.8) is 0 Å². The molecule has 2 heterocycles. The van der Waals surface area contributed by atoms with Crippen LogP contribution in [0.5, 0.6) is 0 Å². The fourth-order valence-electron chi connectivity index (χ4n) is 4.65. The summed E-state index contributed by atoms with van der Waals surface area (Å²) < 4.78 is 5.69. The molecule has 4 rings (SSSR count). The highest BCUT2D eigenvalue weighted by atomic mass is 35.5. The van der Waals surface area contributed by atoms with Gasteiger partial charge in [0.1, 0.15) is 6.04 Å². The van der Waals surface area contributed by atoms with Crippen LogP contribution in [0.4, 0.5) is 21.0 Å². The van der Waals surface area contributed by atoms with E-state index in [4.69, 9.17) is 21.4 Å². The Morgan fingerprint density at radius 1 is 1.16 bits per heavy atom. The highest BCUT2D eigenvalue weighted by Crippen LogP contribution is 2.43. The smallest absolute Gasteiger partial charge is 0.412 e. The lowest BCUT2D eigenvalue weighted by Gasteiger charge is -2.35. The second kappa shape index (κ2) is 11.1. The summed E-state index contributed by atoms with van der Waals surface area (Å²) in [6, 6.07) is 10.0. The predicted molar refractivity (Wildman–Crippen MR) is 135 cm³/mol. The maximum atomic E-state index is 13.6. The Labute approximate surface area is 217 Å². The van der Waals surface area contributed by atoms with Crippen molar-refractivity contribution < 1.29 is 34.1 Å². The predicted octanol–water partition coefficient (Wildman–Crippen LogP) is 3.38. The van der Waals surface area contributed by atoms with E-state index in [9.17, 15) is 24.3 Å². The third-order valence-electron chi connectivity index (χ3n) is 6.44. The lowest BCUT2D eigenvalue weighted by atomic mass is 9.90. The van der Waals surface area contributed by atoms with E-state index in [0.717, 1.165) is 0 Å². The Bertz CT molecular complexity index is 1210. The average Bonchev–Trinajstić information content (AvgIpc) is 3.28. The summed E-state index contributed by atoms with van der Waals surface area (Å²) in [5.74, 6) is -0.825. The molecule has 0 radical (unpaired) electrons. The van der Waals surface area contributed by atoms with Gasteiger partial charge < -0.3 is 25.2 Å². The molecule has 1 saturated heterocycles. The van der Waals surface area contributed by atoms with Crippen molar-refractivity contribution in [2.45, 2.75) is 37.3 Å². The Morgan fingerprint density at radius 3 is 2.62 bits per heavy atom. The van der Waals surface area contributed by atoms with Crippen molar-refractivity contribution in [2.24, 2.45) is 0 Å². The van der Waals surface area contributed by atoms with Gasteiger partial charge in [-0.2, -0.15) is 0 Å². The minimum Gasteiger partial charge on any atom is -0.465 e. The largest absolute Gasteiger partial charge is 0.465 e. The van der Waals surface area contributed by atoms with Gasteiger partial charge in [-0.3, -0.25) is 20.2 Å². The van der Waals surface area contributed by atoms with Gasteiger partial charge in [-0.1, -0.05) is 11.6 Å². The van der Waals surface area contributed by atoms with Crippen LogP contribution in [-0.2, 0) is 15.1 Å². The summed E-state index contributed by atoms with van der Waals surface area (Å²) >= 11 is 6.20. The Morgan fingerprint density at radius 2 is 1.92 bits per heavy atom. The second-order valence-corrected chi connectivity index (χ2v) is 9.40. The number of hydrogen-bond donors (Lipinski definition) is 5. The molecule has 196 valence electrons. The fraction of sp³-hybridized carbons (Fsp3) is 0.360. The Kier molecular flexibility index (Phi) is 7.84. The van der Waals surface area contributed by atoms with E-state index < -0.39 is 29.7 Å². The van der Waals surface area contributed by atoms with Crippen molar-refractivity contribution in [3.05, 3.63) is 58.6 Å². The fourth-order valence-corrected chi connectivity index (χ4v) is 4.82. The summed E-state index contributed by atoms with van der Waals surface area (Å²) in [6.45, 7) is 0.370. The normalized spacial score (nSPS) is 19.0. The topological polar surface area (TPSA) is 157 Å². The minimum atomic E-state index is -1.22. The van der Waals surface area contributed by atoms with Gasteiger partial charge >= 0.3 is 12.2 Å². The van der Waals surface area contributed by atoms with Crippen LogP contribution in [0.3, 0.4) is 0 Å². The van der Waals surface area contributed by atoms with Crippen molar-refractivity contribution in [2.75, 3.05) is 30.3 Å². The highest BCUT2D eigenvalue weighted by Gasteiger charge is 2.49. The first-order valence-corrected chi connectivity index (χ1v) is 12.2. The van der Waals surface area contributed by atoms with Crippen LogP contribution >= 0.6 is 11.6 Å². The molecule has 0 aromatic heterocycles. The standard InChI is InChI=1S/C25H27ClN4O7/c26-16-6-9-19-18(13-16)25(37-24(36)29-19)10-11-30(14-25)22(33)20(3-1-2-12-31)28-21(32)15-4-7-17(8-5-15)27-23(34)35/h4-9,13,20,27,31H,1-3,10-12,14H2,(H,28,32)(H,29,36)(H,34,35)/t20-,25?/m0/s1. The number of rotatable bonds is 8. The molecule has 37 heavy (non-hydrogen) atoms. The number of aliphatic hydroxyl groups excluding tert-OH is 1. The molecule has 1 unspecified atom stereocenters. The third-order valence-corrected chi connectivity index (χ3v) is 6.68. The number of halogens is 1. The average molecular weight is 531 g/mol. The first-order chi connectivity index (χ1) is 17.7. The van der Waals surface area contributed by atoms with Gasteiger partial charge in [0.15, 0.2) is 5.60 Å². The van der Waals surface area contributed by atoms with E-state index in [1.54, 1.807) is 23.1 Å². The van der Waals surface area contributed by atoms with E-state index >= 15 is 0 Å². The molecule has 2 atom stereocenters. The number of amides is 4. The lowest BCUT2D eigenvalue weighted by molar-refractivity contribution is -0.133. The van der Waals surface area contributed by atoms with Crippen LogP contribution < -0.4 is 16.0 Å². The maximum absolute atomic E-state index is 13.6. The van der Waals surface area contributed by atoms with Crippen LogP contribution in [0.1, 0.15) is 41.6 Å². The molecule has 2 aliphatic heterocycles. The summed E-state index contributed by atoms with van der Waals surface area (Å²) in [5.41, 5.74) is 0.767. The van der Waals surface area contributed by atoms with Crippen molar-refractivity contribution >= 4 is 47.0 Å². The Balaban J connectivity index is 1.50. The van der Waals surface area contributed by atoms with Crippen LogP contribution in [-0.4, -0.2) is 64.9 Å². The molecule has 2 aromatic carbocycles. The molecule has 1 fully saturated rings. The number of carboxylic acid groups (broad SMARTS) is 1. The number of fused-ring (bicyclic) bond motifs is 2. The van der Waals surface area contributed by atoms with Gasteiger partial charge in [0, 0.05) is 41.4 Å². The molecule has 2 aromatic rings. The van der Waals surface area contributed by atoms with E-state index in [2.05, 4.69) is 16.0 Å². The van der Waals surface area contributed by atoms with Crippen LogP contribution in [0, 0.1) is 0 Å². The number of ether oxygens (including phenoxy) is 1. The van der Waals surface area contributed by atoms with Gasteiger partial charge in [0.25, 0.3) is 5.91 Å². The van der Waals surface area contributed by atoms with Crippen LogP contribution in [0.2, 0.25) is 5.02 Å². The first kappa shape index (κ1) is 26.2. The lowest BCUT2D eigenvalue weighted by Crippen LogP contribution is -2.49. The summed E-state index contributed by atoms with van der Waals surface area (Å²) in [5, 5.41) is 26.1. The number of aliphatic hydroxyl groups is 1. The number of likely N-dealkylation sites (tertiary alicyclic amines) is 1. The summed E-state index contributed by atoms with van der Waals surface area (Å²) in [6.07, 6.45) is -0.192. The zero-order valence-corrected chi connectivity index (χ0v) is 20.6. The van der Waals surface area contributed by atoms with Crippen molar-refractivity contribution in [3.8, 4) is 0 Å². The maximum Gasteiger partial charge on any atom is 0.412 e. The van der Waals surface area contributed by atoms with Gasteiger partial charge in [0.05, 0.1) is 12.2 Å². The molecule has 0 saturated carbocycles. The van der Waals surface area contributed by atoms with Crippen molar-refractivity contribution in [1.29, 1.82) is 0 Å². The summed E-state index contributed by atoms with van der Waals surface area (Å²) in [4.78, 5) is 51.1. The van der Waals surface area contributed by atoms with Gasteiger partial charge in [-0.05, 0) is 61.7 Å². The number of benzene rings is 2. The van der Waals surface area contributed by atoms with Gasteiger partial charge in [-0.15, -0.1) is 0 Å². The number of anilines is 2. The third kappa shape index (κ3) is 5.95. The second-order valence-electron chi connectivity index (χ2n) is 8.96. The molecule has 4 amide bonds. The number of nitrogens with one attached hydrogen (secondary N) is 3. The molecule has 0 bridgehead atoms. The molecule has 12 heteroatoms. The number of nitrogens with zero attached hydrogens (tertiary/aromatic N) is 1. The quantitative estimate of drug-likeness (QED) is 0.327. The highest BCUT2D eigenvalue weighted by molar-refractivity contribution is 6.30. The van der Waals surface area contributed by atoms with E-state index in [1.165, 1.54) is 24.3 Å². The summed E-state index contributed by atoms with van der Waals surface area (Å²) in [7, 11) is 0. The molecule has 0 aliphatic carbocycles. The first-order valence-electron chi connectivity index (χ1n) is 11.8. The zero-order valence-electron chi connectivity index (χ0n) is 19.8. The van der Waals surface area contributed by atoms with E-state index in [1.807, 2.05) is 0 Å². The minimum absolute atomic E-state index is 0.0415. The number of unbranched alkanes of at least 4 members (excludes halogenated alkanes) is 1. The molecule has 11 nitrogen and oxygen atoms in total. The molecule has 2 aliphatic rings. The zero-order chi connectivity index (χ0) is 26.6. The molecule has 1 spiro atoms. The Hall–Kier alpha value is -3.83. The van der Waals surface area contributed by atoms with E-state index in [-0.39, 0.29) is 24.6 Å². The van der Waals surface area contributed by atoms with Crippen molar-refractivity contribution in [1.82, 2.24) is 10.2 Å². The molecular formula is C25H27ClN4O7. The van der Waals surface area contributed by atoms with Gasteiger partial charge in [-0.25, -0.2) is 9.59 Å². The molecular weight excluding hydrogens is 504 g/mol. The number of carbonyl (C=O) groups excluding carboxylic acids is 3. The molecule has 5 N–H and O–H groups in total. The van der Waals surface area contributed by atoms with E-state index in [0.29, 0.717) is 54.2 Å². The van der Waals surface area contributed by atoms with Crippen LogP contribution in [0.25, 0.3) is 0 Å². The van der Waals surface area contributed by atoms with Crippen LogP contribution in [0.15, 0.2) is 42.5 Å². The number of carbonyl (C=O) groups is 4.